The molecular weight excluding hydrogens is 256 g/mol. The largest absolute Gasteiger partial charge is 0.496 e. The summed E-state index contributed by atoms with van der Waals surface area (Å²) < 4.78 is 16.2. The molecule has 0 spiro atoms. The van der Waals surface area contributed by atoms with Gasteiger partial charge in [-0.1, -0.05) is 6.92 Å². The van der Waals surface area contributed by atoms with Gasteiger partial charge in [0.05, 0.1) is 12.7 Å². The first-order chi connectivity index (χ1) is 9.72. The van der Waals surface area contributed by atoms with Crippen LogP contribution < -0.4 is 14.2 Å². The predicted molar refractivity (Wildman–Crippen MR) is 74.3 cm³/mol. The summed E-state index contributed by atoms with van der Waals surface area (Å²) in [5, 5.41) is 0. The van der Waals surface area contributed by atoms with Gasteiger partial charge in [-0.25, -0.2) is 9.97 Å². The van der Waals surface area contributed by atoms with Gasteiger partial charge in [-0.05, 0) is 25.0 Å². The van der Waals surface area contributed by atoms with E-state index in [2.05, 4.69) is 16.9 Å². The Bertz CT molecular complexity index is 656. The maximum atomic E-state index is 5.41. The molecule has 0 atom stereocenters. The molecule has 1 aliphatic rings. The molecule has 2 aromatic rings. The van der Waals surface area contributed by atoms with Crippen molar-refractivity contribution in [2.24, 2.45) is 0 Å². The van der Waals surface area contributed by atoms with Crippen LogP contribution in [0.15, 0.2) is 18.3 Å². The van der Waals surface area contributed by atoms with E-state index in [1.165, 1.54) is 0 Å². The van der Waals surface area contributed by atoms with E-state index in [4.69, 9.17) is 14.2 Å². The van der Waals surface area contributed by atoms with Crippen LogP contribution in [0.5, 0.6) is 17.2 Å². The Morgan fingerprint density at radius 2 is 2.00 bits per heavy atom. The molecule has 0 saturated heterocycles. The molecule has 0 N–H and O–H groups in total. The van der Waals surface area contributed by atoms with E-state index >= 15 is 0 Å². The van der Waals surface area contributed by atoms with Crippen LogP contribution in [0.25, 0.3) is 11.4 Å². The highest BCUT2D eigenvalue weighted by molar-refractivity contribution is 5.70. The molecule has 2 heterocycles. The molecule has 0 fully saturated rings. The smallest absolute Gasteiger partial charge is 0.231 e. The van der Waals surface area contributed by atoms with Crippen LogP contribution in [0.4, 0.5) is 0 Å². The number of aromatic nitrogens is 2. The third-order valence-corrected chi connectivity index (χ3v) is 3.35. The monoisotopic (exact) mass is 272 g/mol. The molecule has 104 valence electrons. The Hall–Kier alpha value is -2.30. The van der Waals surface area contributed by atoms with Gasteiger partial charge in [-0.3, -0.25) is 0 Å². The third kappa shape index (κ3) is 2.05. The molecule has 0 aliphatic carbocycles. The Kier molecular flexibility index (Phi) is 3.18. The first-order valence-corrected chi connectivity index (χ1v) is 6.53. The van der Waals surface area contributed by atoms with Crippen LogP contribution >= 0.6 is 0 Å². The Labute approximate surface area is 117 Å². The standard InChI is InChI=1S/C15H16N2O3/c1-4-11-9(2)7-16-15(17-11)10-5-13-14(20-8-19-13)6-12(10)18-3/h5-7H,4,8H2,1-3H3. The van der Waals surface area contributed by atoms with Crippen molar-refractivity contribution in [3.63, 3.8) is 0 Å². The van der Waals surface area contributed by atoms with Gasteiger partial charge in [0, 0.05) is 18.0 Å². The summed E-state index contributed by atoms with van der Waals surface area (Å²) >= 11 is 0. The minimum absolute atomic E-state index is 0.233. The molecule has 0 saturated carbocycles. The fourth-order valence-electron chi connectivity index (χ4n) is 2.23. The summed E-state index contributed by atoms with van der Waals surface area (Å²) in [5.74, 6) is 2.71. The second-order valence-electron chi connectivity index (χ2n) is 4.58. The number of fused-ring (bicyclic) bond motifs is 1. The van der Waals surface area contributed by atoms with E-state index < -0.39 is 0 Å². The average molecular weight is 272 g/mol. The normalized spacial score (nSPS) is 12.6. The van der Waals surface area contributed by atoms with Gasteiger partial charge in [-0.2, -0.15) is 0 Å². The van der Waals surface area contributed by atoms with Crippen LogP contribution in [-0.2, 0) is 6.42 Å². The fraction of sp³-hybridized carbons (Fsp3) is 0.333. The second-order valence-corrected chi connectivity index (χ2v) is 4.58. The van der Waals surface area contributed by atoms with E-state index in [1.54, 1.807) is 7.11 Å². The summed E-state index contributed by atoms with van der Waals surface area (Å²) in [6.45, 7) is 4.33. The third-order valence-electron chi connectivity index (χ3n) is 3.35. The van der Waals surface area contributed by atoms with Crippen LogP contribution in [0.2, 0.25) is 0 Å². The highest BCUT2D eigenvalue weighted by atomic mass is 16.7. The van der Waals surface area contributed by atoms with Crippen LogP contribution in [0.3, 0.4) is 0 Å². The van der Waals surface area contributed by atoms with E-state index in [9.17, 15) is 0 Å². The molecule has 0 radical (unpaired) electrons. The lowest BCUT2D eigenvalue weighted by Gasteiger charge is -2.10. The molecule has 0 unspecified atom stereocenters. The molecular formula is C15H16N2O3. The van der Waals surface area contributed by atoms with Gasteiger partial charge in [0.1, 0.15) is 5.75 Å². The van der Waals surface area contributed by atoms with Gasteiger partial charge < -0.3 is 14.2 Å². The fourth-order valence-corrected chi connectivity index (χ4v) is 2.23. The number of methoxy groups -OCH3 is 1. The minimum Gasteiger partial charge on any atom is -0.496 e. The zero-order valence-electron chi connectivity index (χ0n) is 11.8. The lowest BCUT2D eigenvalue weighted by atomic mass is 10.1. The molecule has 5 nitrogen and oxygen atoms in total. The zero-order chi connectivity index (χ0) is 14.1. The SMILES string of the molecule is CCc1nc(-c2cc3c(cc2OC)OCO3)ncc1C. The van der Waals surface area contributed by atoms with E-state index in [1.807, 2.05) is 25.3 Å². The minimum atomic E-state index is 0.233. The highest BCUT2D eigenvalue weighted by Crippen LogP contribution is 2.41. The number of benzene rings is 1. The van der Waals surface area contributed by atoms with Crippen molar-refractivity contribution in [1.29, 1.82) is 0 Å². The number of nitrogens with zero attached hydrogens (tertiary/aromatic N) is 2. The summed E-state index contributed by atoms with van der Waals surface area (Å²) in [4.78, 5) is 9.01. The second kappa shape index (κ2) is 5.00. The molecule has 1 aromatic heterocycles. The average Bonchev–Trinajstić information content (AvgIpc) is 2.93. The van der Waals surface area contributed by atoms with Gasteiger partial charge in [0.25, 0.3) is 0 Å². The molecule has 0 amide bonds. The molecule has 1 aliphatic heterocycles. The first kappa shape index (κ1) is 12.7. The lowest BCUT2D eigenvalue weighted by molar-refractivity contribution is 0.174. The van der Waals surface area contributed by atoms with E-state index in [0.29, 0.717) is 23.1 Å². The van der Waals surface area contributed by atoms with Crippen molar-refractivity contribution in [3.05, 3.63) is 29.6 Å². The predicted octanol–water partition coefficient (Wildman–Crippen LogP) is 2.75. The molecule has 0 bridgehead atoms. The maximum absolute atomic E-state index is 5.41. The number of rotatable bonds is 3. The van der Waals surface area contributed by atoms with Crippen LogP contribution in [-0.4, -0.2) is 23.9 Å². The van der Waals surface area contributed by atoms with Gasteiger partial charge in [0.15, 0.2) is 17.3 Å². The van der Waals surface area contributed by atoms with Crippen molar-refractivity contribution < 1.29 is 14.2 Å². The van der Waals surface area contributed by atoms with Crippen molar-refractivity contribution in [1.82, 2.24) is 9.97 Å². The number of aryl methyl sites for hydroxylation is 2. The Morgan fingerprint density at radius 3 is 2.70 bits per heavy atom. The number of hydrogen-bond acceptors (Lipinski definition) is 5. The van der Waals surface area contributed by atoms with Gasteiger partial charge in [-0.15, -0.1) is 0 Å². The maximum Gasteiger partial charge on any atom is 0.231 e. The molecule has 3 rings (SSSR count). The Balaban J connectivity index is 2.13. The van der Waals surface area contributed by atoms with Crippen molar-refractivity contribution in [2.75, 3.05) is 13.9 Å². The summed E-state index contributed by atoms with van der Waals surface area (Å²) in [6.07, 6.45) is 2.71. The topological polar surface area (TPSA) is 53.5 Å². The molecule has 1 aromatic carbocycles. The molecule has 20 heavy (non-hydrogen) atoms. The summed E-state index contributed by atoms with van der Waals surface area (Å²) in [6, 6.07) is 3.68. The van der Waals surface area contributed by atoms with Crippen LogP contribution in [0.1, 0.15) is 18.2 Å². The van der Waals surface area contributed by atoms with E-state index in [0.717, 1.165) is 23.2 Å². The van der Waals surface area contributed by atoms with Crippen LogP contribution in [0, 0.1) is 6.92 Å². The number of ether oxygens (including phenoxy) is 3. The first-order valence-electron chi connectivity index (χ1n) is 6.53. The zero-order valence-corrected chi connectivity index (χ0v) is 11.8. The lowest BCUT2D eigenvalue weighted by Crippen LogP contribution is -1.99. The van der Waals surface area contributed by atoms with E-state index in [-0.39, 0.29) is 6.79 Å². The van der Waals surface area contributed by atoms with Gasteiger partial charge in [0.2, 0.25) is 6.79 Å². The summed E-state index contributed by atoms with van der Waals surface area (Å²) in [7, 11) is 1.62. The van der Waals surface area contributed by atoms with Crippen molar-refractivity contribution in [3.8, 4) is 28.6 Å². The summed E-state index contributed by atoms with van der Waals surface area (Å²) in [5.41, 5.74) is 2.94. The quantitative estimate of drug-likeness (QED) is 0.860. The van der Waals surface area contributed by atoms with Crippen molar-refractivity contribution in [2.45, 2.75) is 20.3 Å². The van der Waals surface area contributed by atoms with Crippen molar-refractivity contribution >= 4 is 0 Å². The Morgan fingerprint density at radius 1 is 1.25 bits per heavy atom. The van der Waals surface area contributed by atoms with Gasteiger partial charge >= 0.3 is 0 Å². The molecule has 5 heteroatoms. The number of hydrogen-bond donors (Lipinski definition) is 0. The highest BCUT2D eigenvalue weighted by Gasteiger charge is 2.20.